The van der Waals surface area contributed by atoms with Crippen LogP contribution < -0.4 is 0 Å². The van der Waals surface area contributed by atoms with Crippen LogP contribution in [-0.2, 0) is 4.74 Å². The topological polar surface area (TPSA) is 38.7 Å². The Labute approximate surface area is 95.2 Å². The Morgan fingerprint density at radius 1 is 1.38 bits per heavy atom. The van der Waals surface area contributed by atoms with Gasteiger partial charge in [0.05, 0.1) is 6.04 Å². The third-order valence-electron chi connectivity index (χ3n) is 2.67. The molecule has 0 saturated heterocycles. The van der Waals surface area contributed by atoms with Crippen LogP contribution in [0.3, 0.4) is 0 Å². The summed E-state index contributed by atoms with van der Waals surface area (Å²) in [7, 11) is 0. The van der Waals surface area contributed by atoms with E-state index in [4.69, 9.17) is 4.74 Å². The molecule has 0 bridgehead atoms. The average molecular weight is 217 g/mol. The number of benzene rings is 1. The highest BCUT2D eigenvalue weighted by molar-refractivity contribution is 6.43. The lowest BCUT2D eigenvalue weighted by atomic mass is 10.1. The zero-order chi connectivity index (χ0) is 11.5. The summed E-state index contributed by atoms with van der Waals surface area (Å²) in [6.45, 7) is 4.67. The third kappa shape index (κ3) is 2.13. The molecule has 3 nitrogen and oxygen atoms in total. The molecule has 1 aliphatic rings. The van der Waals surface area contributed by atoms with E-state index in [1.165, 1.54) is 0 Å². The van der Waals surface area contributed by atoms with Gasteiger partial charge < -0.3 is 4.74 Å². The van der Waals surface area contributed by atoms with Crippen LogP contribution in [-0.4, -0.2) is 24.3 Å². The fourth-order valence-electron chi connectivity index (χ4n) is 1.57. The fourth-order valence-corrected chi connectivity index (χ4v) is 1.57. The molecule has 0 N–H and O–H groups in total. The molecule has 0 unspecified atom stereocenters. The van der Waals surface area contributed by atoms with Crippen LogP contribution in [0.25, 0.3) is 0 Å². The van der Waals surface area contributed by atoms with Crippen molar-refractivity contribution in [3.8, 4) is 0 Å². The van der Waals surface area contributed by atoms with E-state index in [9.17, 15) is 4.79 Å². The Bertz CT molecular complexity index is 409. The van der Waals surface area contributed by atoms with E-state index in [1.54, 1.807) is 12.1 Å². The Balaban J connectivity index is 2.16. The van der Waals surface area contributed by atoms with E-state index >= 15 is 0 Å². The molecule has 1 atom stereocenters. The SMILES string of the molecule is CC(C)[C@H]1COC(C(=O)c2ccccc2)=N1. The molecule has 1 aliphatic heterocycles. The zero-order valence-electron chi connectivity index (χ0n) is 9.51. The van der Waals surface area contributed by atoms with Gasteiger partial charge in [0.15, 0.2) is 0 Å². The van der Waals surface area contributed by atoms with E-state index in [1.807, 2.05) is 18.2 Å². The first-order valence-electron chi connectivity index (χ1n) is 5.49. The summed E-state index contributed by atoms with van der Waals surface area (Å²) >= 11 is 0. The van der Waals surface area contributed by atoms with E-state index in [0.29, 0.717) is 18.1 Å². The first kappa shape index (κ1) is 10.9. The molecule has 2 rings (SSSR count). The van der Waals surface area contributed by atoms with Crippen LogP contribution in [0.1, 0.15) is 24.2 Å². The molecule has 0 aromatic heterocycles. The van der Waals surface area contributed by atoms with Crippen LogP contribution in [0.2, 0.25) is 0 Å². The highest BCUT2D eigenvalue weighted by atomic mass is 16.5. The standard InChI is InChI=1S/C13H15NO2/c1-9(2)11-8-16-13(14-11)12(15)10-6-4-3-5-7-10/h3-7,9,11H,8H2,1-2H3/t11-/m1/s1. The number of Topliss-reactive ketones (excluding diaryl/α,β-unsaturated/α-hetero) is 1. The second kappa shape index (κ2) is 4.47. The van der Waals surface area contributed by atoms with Gasteiger partial charge in [0, 0.05) is 5.56 Å². The number of nitrogens with zero attached hydrogens (tertiary/aromatic N) is 1. The van der Waals surface area contributed by atoms with Gasteiger partial charge in [-0.2, -0.15) is 0 Å². The quantitative estimate of drug-likeness (QED) is 0.729. The van der Waals surface area contributed by atoms with Crippen molar-refractivity contribution in [1.82, 2.24) is 0 Å². The number of aliphatic imine (C=N–C) groups is 1. The third-order valence-corrected chi connectivity index (χ3v) is 2.67. The molecule has 0 amide bonds. The van der Waals surface area contributed by atoms with Gasteiger partial charge in [0.1, 0.15) is 6.61 Å². The number of carbonyl (C=O) groups excluding carboxylic acids is 1. The number of rotatable bonds is 3. The number of ether oxygens (including phenoxy) is 1. The molecule has 0 spiro atoms. The molecule has 0 radical (unpaired) electrons. The molecular formula is C13H15NO2. The fraction of sp³-hybridized carbons (Fsp3) is 0.385. The normalized spacial score (nSPS) is 19.4. The summed E-state index contributed by atoms with van der Waals surface area (Å²) in [6, 6.07) is 9.21. The van der Waals surface area contributed by atoms with Crippen molar-refractivity contribution in [1.29, 1.82) is 0 Å². The molecule has 1 aromatic rings. The van der Waals surface area contributed by atoms with E-state index in [2.05, 4.69) is 18.8 Å². The van der Waals surface area contributed by atoms with Crippen LogP contribution in [0, 0.1) is 5.92 Å². The lowest BCUT2D eigenvalue weighted by molar-refractivity contribution is 0.103. The smallest absolute Gasteiger partial charge is 0.258 e. The zero-order valence-corrected chi connectivity index (χ0v) is 9.51. The van der Waals surface area contributed by atoms with E-state index in [-0.39, 0.29) is 17.7 Å². The number of hydrogen-bond acceptors (Lipinski definition) is 3. The van der Waals surface area contributed by atoms with Crippen molar-refractivity contribution >= 4 is 11.7 Å². The first-order chi connectivity index (χ1) is 7.68. The van der Waals surface area contributed by atoms with Gasteiger partial charge in [-0.25, -0.2) is 4.99 Å². The molecule has 3 heteroatoms. The predicted molar refractivity (Wildman–Crippen MR) is 62.8 cm³/mol. The second-order valence-electron chi connectivity index (χ2n) is 4.25. The van der Waals surface area contributed by atoms with Gasteiger partial charge in [-0.3, -0.25) is 4.79 Å². The van der Waals surface area contributed by atoms with Crippen molar-refractivity contribution < 1.29 is 9.53 Å². The lowest BCUT2D eigenvalue weighted by Gasteiger charge is -2.06. The summed E-state index contributed by atoms with van der Waals surface area (Å²) in [6.07, 6.45) is 0. The number of ketones is 1. The molecular weight excluding hydrogens is 202 g/mol. The summed E-state index contributed by atoms with van der Waals surface area (Å²) in [5.41, 5.74) is 0.630. The van der Waals surface area contributed by atoms with Crippen molar-refractivity contribution in [2.45, 2.75) is 19.9 Å². The highest BCUT2D eigenvalue weighted by Gasteiger charge is 2.26. The number of carbonyl (C=O) groups is 1. The average Bonchev–Trinajstić information content (AvgIpc) is 2.78. The second-order valence-corrected chi connectivity index (χ2v) is 4.25. The summed E-state index contributed by atoms with van der Waals surface area (Å²) in [5, 5.41) is 0. The van der Waals surface area contributed by atoms with E-state index in [0.717, 1.165) is 0 Å². The van der Waals surface area contributed by atoms with Gasteiger partial charge in [-0.1, -0.05) is 44.2 Å². The molecule has 0 aliphatic carbocycles. The molecule has 0 saturated carbocycles. The van der Waals surface area contributed by atoms with E-state index < -0.39 is 0 Å². The van der Waals surface area contributed by atoms with Crippen LogP contribution in [0.4, 0.5) is 0 Å². The number of hydrogen-bond donors (Lipinski definition) is 0. The maximum Gasteiger partial charge on any atom is 0.258 e. The summed E-state index contributed by atoms with van der Waals surface area (Å²) in [5.74, 6) is 0.537. The highest BCUT2D eigenvalue weighted by Crippen LogP contribution is 2.15. The first-order valence-corrected chi connectivity index (χ1v) is 5.49. The summed E-state index contributed by atoms with van der Waals surface area (Å²) < 4.78 is 5.34. The minimum absolute atomic E-state index is 0.114. The minimum Gasteiger partial charge on any atom is -0.473 e. The molecule has 16 heavy (non-hydrogen) atoms. The van der Waals surface area contributed by atoms with Crippen molar-refractivity contribution in [3.05, 3.63) is 35.9 Å². The Morgan fingerprint density at radius 3 is 2.62 bits per heavy atom. The van der Waals surface area contributed by atoms with Gasteiger partial charge in [-0.05, 0) is 5.92 Å². The van der Waals surface area contributed by atoms with Crippen molar-refractivity contribution in [3.63, 3.8) is 0 Å². The Hall–Kier alpha value is -1.64. The maximum atomic E-state index is 12.0. The van der Waals surface area contributed by atoms with Crippen molar-refractivity contribution in [2.24, 2.45) is 10.9 Å². The summed E-state index contributed by atoms with van der Waals surface area (Å²) in [4.78, 5) is 16.3. The molecule has 0 fully saturated rings. The lowest BCUT2D eigenvalue weighted by Crippen LogP contribution is -2.14. The molecule has 84 valence electrons. The monoisotopic (exact) mass is 217 g/mol. The van der Waals surface area contributed by atoms with Gasteiger partial charge in [0.2, 0.25) is 5.78 Å². The molecule has 1 aromatic carbocycles. The maximum absolute atomic E-state index is 12.0. The Morgan fingerprint density at radius 2 is 2.06 bits per heavy atom. The Kier molecular flexibility index (Phi) is 3.04. The van der Waals surface area contributed by atoms with Gasteiger partial charge in [-0.15, -0.1) is 0 Å². The van der Waals surface area contributed by atoms with Crippen LogP contribution in [0.5, 0.6) is 0 Å². The van der Waals surface area contributed by atoms with Gasteiger partial charge in [0.25, 0.3) is 5.90 Å². The van der Waals surface area contributed by atoms with Crippen LogP contribution in [0.15, 0.2) is 35.3 Å². The molecule has 1 heterocycles. The van der Waals surface area contributed by atoms with Crippen molar-refractivity contribution in [2.75, 3.05) is 6.61 Å². The van der Waals surface area contributed by atoms with Crippen LogP contribution >= 0.6 is 0 Å². The predicted octanol–water partition coefficient (Wildman–Crippen LogP) is 2.32. The largest absolute Gasteiger partial charge is 0.473 e. The van der Waals surface area contributed by atoms with Gasteiger partial charge >= 0.3 is 0 Å². The minimum atomic E-state index is -0.122.